The third-order valence-electron chi connectivity index (χ3n) is 7.39. The molecule has 3 atom stereocenters. The second-order valence-electron chi connectivity index (χ2n) is 9.86. The second-order valence-corrected chi connectivity index (χ2v) is 11.5. The highest BCUT2D eigenvalue weighted by atomic mass is 127. The summed E-state index contributed by atoms with van der Waals surface area (Å²) < 4.78 is 28.7. The van der Waals surface area contributed by atoms with Gasteiger partial charge >= 0.3 is 4.18 Å². The highest BCUT2D eigenvalue weighted by Gasteiger charge is 2.49. The zero-order valence-corrected chi connectivity index (χ0v) is 21.5. The molecule has 1 saturated heterocycles. The zero-order chi connectivity index (χ0) is 24.4. The molecule has 3 heterocycles. The topological polar surface area (TPSA) is 57.9 Å². The van der Waals surface area contributed by atoms with Crippen molar-refractivity contribution < 1.29 is 22.8 Å². The normalized spacial score (nSPS) is 28.6. The number of amides is 2. The van der Waals surface area contributed by atoms with E-state index in [1.54, 1.807) is 9.42 Å². The van der Waals surface area contributed by atoms with Gasteiger partial charge in [0.15, 0.2) is 5.69 Å². The summed E-state index contributed by atoms with van der Waals surface area (Å²) in [4.78, 5) is 29.8. The molecule has 2 aromatic rings. The first-order valence-electron chi connectivity index (χ1n) is 11.5. The van der Waals surface area contributed by atoms with Crippen molar-refractivity contribution in [2.45, 2.75) is 61.2 Å². The molecule has 2 aromatic heterocycles. The summed E-state index contributed by atoms with van der Waals surface area (Å²) >= 11 is 6.96. The molecule has 0 N–H and O–H groups in total. The molecule has 4 aliphatic rings. The highest BCUT2D eigenvalue weighted by molar-refractivity contribution is 14.1. The van der Waals surface area contributed by atoms with Gasteiger partial charge in [-0.3, -0.25) is 9.59 Å². The van der Waals surface area contributed by atoms with Crippen LogP contribution in [0.2, 0.25) is 5.02 Å². The van der Waals surface area contributed by atoms with Gasteiger partial charge in [0.25, 0.3) is 5.91 Å². The van der Waals surface area contributed by atoms with E-state index in [-0.39, 0.29) is 30.1 Å². The molecule has 0 aromatic carbocycles. The summed E-state index contributed by atoms with van der Waals surface area (Å²) in [5, 5.41) is 4.83. The summed E-state index contributed by atoms with van der Waals surface area (Å²) in [6, 6.07) is 4.42. The minimum Gasteiger partial charge on any atom is -0.336 e. The minimum absolute atomic E-state index is 0.0416. The van der Waals surface area contributed by atoms with Gasteiger partial charge in [0, 0.05) is 47.4 Å². The van der Waals surface area contributed by atoms with E-state index in [4.69, 9.17) is 11.6 Å². The third kappa shape index (κ3) is 5.03. The number of carbonyl (C=O) groups is 2. The van der Waals surface area contributed by atoms with Crippen molar-refractivity contribution in [1.82, 2.24) is 19.4 Å². The average molecular weight is 609 g/mol. The smallest absolute Gasteiger partial charge is 0.336 e. The summed E-state index contributed by atoms with van der Waals surface area (Å²) in [7, 11) is 0. The van der Waals surface area contributed by atoms with E-state index in [0.29, 0.717) is 46.1 Å². The molecule has 6 nitrogen and oxygen atoms in total. The van der Waals surface area contributed by atoms with E-state index in [1.807, 2.05) is 24.1 Å². The van der Waals surface area contributed by atoms with Crippen molar-refractivity contribution in [3.05, 3.63) is 34.6 Å². The molecule has 0 spiro atoms. The second kappa shape index (κ2) is 8.83. The number of rotatable bonds is 3. The van der Waals surface area contributed by atoms with Crippen LogP contribution in [-0.4, -0.2) is 60.6 Å². The predicted molar refractivity (Wildman–Crippen MR) is 129 cm³/mol. The summed E-state index contributed by atoms with van der Waals surface area (Å²) in [6.45, 7) is 2.73. The van der Waals surface area contributed by atoms with Gasteiger partial charge in [-0.1, -0.05) is 11.6 Å². The van der Waals surface area contributed by atoms with E-state index in [9.17, 15) is 22.8 Å². The highest BCUT2D eigenvalue weighted by Crippen LogP contribution is 2.53. The monoisotopic (exact) mass is 608 g/mol. The predicted octanol–water partition coefficient (Wildman–Crippen LogP) is 5.28. The molecule has 3 saturated carbocycles. The first-order chi connectivity index (χ1) is 16.0. The lowest BCUT2D eigenvalue weighted by atomic mass is 10.1. The van der Waals surface area contributed by atoms with Crippen molar-refractivity contribution >= 4 is 51.5 Å². The summed E-state index contributed by atoms with van der Waals surface area (Å²) in [6.07, 6.45) is 7.91. The number of nitrogens with zero attached hydrogens (tertiary/aromatic N) is 4. The van der Waals surface area contributed by atoms with Crippen molar-refractivity contribution in [1.29, 1.82) is 0 Å². The Morgan fingerprint density at radius 2 is 1.85 bits per heavy atom. The Hall–Kier alpha value is -1.56. The SMILES string of the molecule is CC1CN(C2CC3CC3C2)C(=O)CN1C(=O)c1nn2ccc(C3CC3)cc2c1Cl.FC(F)(F)I. The first-order valence-corrected chi connectivity index (χ1v) is 13.0. The number of fused-ring (bicyclic) bond motifs is 2. The Kier molecular flexibility index (Phi) is 6.27. The van der Waals surface area contributed by atoms with Crippen LogP contribution in [0.15, 0.2) is 18.3 Å². The number of carbonyl (C=O) groups excluding carboxylic acids is 2. The van der Waals surface area contributed by atoms with Crippen LogP contribution in [0.5, 0.6) is 0 Å². The summed E-state index contributed by atoms with van der Waals surface area (Å²) in [5.41, 5.74) is 2.27. The Labute approximate surface area is 213 Å². The van der Waals surface area contributed by atoms with Crippen molar-refractivity contribution in [2.75, 3.05) is 13.1 Å². The molecular formula is C23H25ClF3IN4O2. The van der Waals surface area contributed by atoms with E-state index in [2.05, 4.69) is 11.2 Å². The van der Waals surface area contributed by atoms with Crippen LogP contribution in [0.1, 0.15) is 61.0 Å². The van der Waals surface area contributed by atoms with Crippen molar-refractivity contribution in [3.8, 4) is 0 Å². The molecule has 0 bridgehead atoms. The minimum atomic E-state index is -4.03. The maximum atomic E-state index is 13.3. The molecule has 3 unspecified atom stereocenters. The molecule has 4 fully saturated rings. The van der Waals surface area contributed by atoms with Crippen molar-refractivity contribution in [3.63, 3.8) is 0 Å². The van der Waals surface area contributed by atoms with Gasteiger partial charge in [-0.25, -0.2) is 4.52 Å². The van der Waals surface area contributed by atoms with Gasteiger partial charge in [0.2, 0.25) is 5.91 Å². The van der Waals surface area contributed by atoms with Crippen LogP contribution in [-0.2, 0) is 4.79 Å². The lowest BCUT2D eigenvalue weighted by molar-refractivity contribution is -0.139. The quantitative estimate of drug-likeness (QED) is 0.352. The number of pyridine rings is 1. The third-order valence-corrected chi connectivity index (χ3v) is 7.76. The molecule has 0 radical (unpaired) electrons. The maximum absolute atomic E-state index is 13.3. The van der Waals surface area contributed by atoms with Crippen LogP contribution in [0.25, 0.3) is 5.52 Å². The molecule has 184 valence electrons. The van der Waals surface area contributed by atoms with Crippen LogP contribution >= 0.6 is 34.2 Å². The van der Waals surface area contributed by atoms with E-state index < -0.39 is 4.18 Å². The fourth-order valence-corrected chi connectivity index (χ4v) is 5.68. The van der Waals surface area contributed by atoms with Crippen LogP contribution in [0.4, 0.5) is 13.2 Å². The molecule has 34 heavy (non-hydrogen) atoms. The Morgan fingerprint density at radius 1 is 1.21 bits per heavy atom. The number of halogens is 5. The van der Waals surface area contributed by atoms with Gasteiger partial charge in [-0.05, 0) is 74.5 Å². The van der Waals surface area contributed by atoms with Crippen LogP contribution < -0.4 is 0 Å². The molecule has 3 aliphatic carbocycles. The van der Waals surface area contributed by atoms with Gasteiger partial charge < -0.3 is 9.80 Å². The van der Waals surface area contributed by atoms with Gasteiger partial charge in [0.05, 0.1) is 10.5 Å². The largest absolute Gasteiger partial charge is 0.441 e. The molecule has 6 rings (SSSR count). The fraction of sp³-hybridized carbons (Fsp3) is 0.609. The number of aromatic nitrogens is 2. The number of alkyl halides is 4. The van der Waals surface area contributed by atoms with Crippen molar-refractivity contribution in [2.24, 2.45) is 11.8 Å². The molecular weight excluding hydrogens is 584 g/mol. The Morgan fingerprint density at radius 3 is 2.47 bits per heavy atom. The first kappa shape index (κ1) is 24.1. The molecule has 1 aliphatic heterocycles. The van der Waals surface area contributed by atoms with Crippen LogP contribution in [0, 0.1) is 11.8 Å². The molecule has 11 heteroatoms. The van der Waals surface area contributed by atoms with E-state index in [1.165, 1.54) is 24.8 Å². The lowest BCUT2D eigenvalue weighted by Gasteiger charge is -2.42. The van der Waals surface area contributed by atoms with Crippen LogP contribution in [0.3, 0.4) is 0 Å². The Balaban J connectivity index is 0.000000439. The van der Waals surface area contributed by atoms with Gasteiger partial charge in [-0.15, -0.1) is 0 Å². The number of piperazine rings is 1. The lowest BCUT2D eigenvalue weighted by Crippen LogP contribution is -2.59. The van der Waals surface area contributed by atoms with Gasteiger partial charge in [0.1, 0.15) is 6.54 Å². The molecule has 2 amide bonds. The zero-order valence-electron chi connectivity index (χ0n) is 18.6. The average Bonchev–Trinajstić information content (AvgIpc) is 3.68. The number of hydrogen-bond donors (Lipinski definition) is 0. The fourth-order valence-electron chi connectivity index (χ4n) is 5.42. The van der Waals surface area contributed by atoms with Gasteiger partial charge in [-0.2, -0.15) is 18.3 Å². The maximum Gasteiger partial charge on any atom is 0.441 e. The van der Waals surface area contributed by atoms with E-state index in [0.717, 1.165) is 30.2 Å². The summed E-state index contributed by atoms with van der Waals surface area (Å²) in [5.74, 6) is 2.08. The standard InChI is InChI=1S/C22H25ClN4O2.CF3I/c1-12-10-26(17-7-15-6-16(15)8-17)19(28)11-25(12)22(29)21-20(23)18-9-14(13-2-3-13)4-5-27(18)24-21;2-1(3,4)5/h4-5,9,12-13,15-17H,2-3,6-8,10-11H2,1H3;. The van der Waals surface area contributed by atoms with E-state index >= 15 is 0 Å². The number of hydrogen-bond acceptors (Lipinski definition) is 3. The Bertz CT molecular complexity index is 1120.